The zero-order chi connectivity index (χ0) is 10.6. The number of hydrogen-bond acceptors (Lipinski definition) is 3. The number of halogens is 2. The molecule has 1 unspecified atom stereocenters. The van der Waals surface area contributed by atoms with E-state index in [0.29, 0.717) is 5.92 Å². The van der Waals surface area contributed by atoms with Crippen LogP contribution in [-0.2, 0) is 4.74 Å². The van der Waals surface area contributed by atoms with Crippen LogP contribution in [0.25, 0.3) is 0 Å². The van der Waals surface area contributed by atoms with Gasteiger partial charge in [0.1, 0.15) is 6.61 Å². The summed E-state index contributed by atoms with van der Waals surface area (Å²) < 4.78 is 28.5. The van der Waals surface area contributed by atoms with E-state index in [9.17, 15) is 13.9 Å². The van der Waals surface area contributed by atoms with E-state index in [1.54, 1.807) is 7.05 Å². The smallest absolute Gasteiger partial charge is 0.261 e. The van der Waals surface area contributed by atoms with Gasteiger partial charge in [0.2, 0.25) is 0 Å². The first-order valence-corrected chi connectivity index (χ1v) is 4.80. The summed E-state index contributed by atoms with van der Waals surface area (Å²) in [5.41, 5.74) is -0.519. The zero-order valence-electron chi connectivity index (χ0n) is 8.30. The second-order valence-electron chi connectivity index (χ2n) is 3.74. The van der Waals surface area contributed by atoms with Crippen LogP contribution in [0.3, 0.4) is 0 Å². The molecule has 1 saturated carbocycles. The van der Waals surface area contributed by atoms with Gasteiger partial charge in [-0.1, -0.05) is 0 Å². The van der Waals surface area contributed by atoms with Gasteiger partial charge in [0, 0.05) is 0 Å². The highest BCUT2D eigenvalue weighted by Gasteiger charge is 2.44. The maximum absolute atomic E-state index is 11.8. The lowest BCUT2D eigenvalue weighted by Crippen LogP contribution is -2.52. The summed E-state index contributed by atoms with van der Waals surface area (Å²) in [7, 11) is 1.72. The molecule has 0 aromatic rings. The normalized spacial score (nSPS) is 21.2. The maximum Gasteiger partial charge on any atom is 0.261 e. The van der Waals surface area contributed by atoms with Crippen LogP contribution in [0.1, 0.15) is 12.8 Å². The van der Waals surface area contributed by atoms with Crippen LogP contribution < -0.4 is 5.32 Å². The fraction of sp³-hybridized carbons (Fsp3) is 1.00. The van der Waals surface area contributed by atoms with Crippen LogP contribution in [0.2, 0.25) is 0 Å². The molecule has 0 amide bonds. The molecule has 0 heterocycles. The number of rotatable bonds is 7. The maximum atomic E-state index is 11.8. The third-order valence-electron chi connectivity index (χ3n) is 2.74. The van der Waals surface area contributed by atoms with Crippen LogP contribution >= 0.6 is 0 Å². The van der Waals surface area contributed by atoms with Gasteiger partial charge in [-0.05, 0) is 25.8 Å². The Balaban J connectivity index is 2.34. The first-order valence-electron chi connectivity index (χ1n) is 4.80. The number of alkyl halides is 2. The lowest BCUT2D eigenvalue weighted by Gasteiger charge is -2.31. The highest BCUT2D eigenvalue weighted by atomic mass is 19.3. The lowest BCUT2D eigenvalue weighted by molar-refractivity contribution is -0.0244. The number of aliphatic hydroxyl groups is 1. The number of hydrogen-bond donors (Lipinski definition) is 2. The molecule has 0 spiro atoms. The van der Waals surface area contributed by atoms with Gasteiger partial charge in [-0.2, -0.15) is 0 Å². The average molecular weight is 209 g/mol. The molecule has 84 valence electrons. The molecular weight excluding hydrogens is 192 g/mol. The van der Waals surface area contributed by atoms with Gasteiger partial charge in [-0.3, -0.25) is 0 Å². The van der Waals surface area contributed by atoms with Crippen molar-refractivity contribution in [3.8, 4) is 0 Å². The van der Waals surface area contributed by atoms with Crippen molar-refractivity contribution in [1.29, 1.82) is 0 Å². The third-order valence-corrected chi connectivity index (χ3v) is 2.74. The molecule has 0 saturated heterocycles. The van der Waals surface area contributed by atoms with E-state index >= 15 is 0 Å². The second kappa shape index (κ2) is 5.00. The molecule has 0 radical (unpaired) electrons. The van der Waals surface area contributed by atoms with Crippen molar-refractivity contribution in [1.82, 2.24) is 5.32 Å². The minimum Gasteiger partial charge on any atom is -0.394 e. The molecule has 14 heavy (non-hydrogen) atoms. The molecule has 0 aliphatic heterocycles. The number of aliphatic hydroxyl groups excluding tert-OH is 1. The van der Waals surface area contributed by atoms with Crippen LogP contribution in [0.15, 0.2) is 0 Å². The number of nitrogens with one attached hydrogen (secondary N) is 1. The largest absolute Gasteiger partial charge is 0.394 e. The van der Waals surface area contributed by atoms with Crippen molar-refractivity contribution >= 4 is 0 Å². The van der Waals surface area contributed by atoms with E-state index in [1.807, 2.05) is 0 Å². The van der Waals surface area contributed by atoms with E-state index in [2.05, 4.69) is 5.32 Å². The van der Waals surface area contributed by atoms with Crippen molar-refractivity contribution in [2.75, 3.05) is 26.9 Å². The van der Waals surface area contributed by atoms with Gasteiger partial charge < -0.3 is 15.2 Å². The topological polar surface area (TPSA) is 41.5 Å². The van der Waals surface area contributed by atoms with Crippen molar-refractivity contribution in [2.24, 2.45) is 5.92 Å². The van der Waals surface area contributed by atoms with Gasteiger partial charge in [0.15, 0.2) is 0 Å². The molecular formula is C9H17F2NO2. The Morgan fingerprint density at radius 2 is 2.21 bits per heavy atom. The molecule has 1 fully saturated rings. The molecule has 0 aromatic carbocycles. The van der Waals surface area contributed by atoms with Crippen molar-refractivity contribution in [2.45, 2.75) is 24.8 Å². The summed E-state index contributed by atoms with van der Waals surface area (Å²) in [6, 6.07) is 0. The molecule has 1 rings (SSSR count). The predicted octanol–water partition coefficient (Wildman–Crippen LogP) is 0.629. The van der Waals surface area contributed by atoms with Crippen LogP contribution in [-0.4, -0.2) is 43.9 Å². The number of ether oxygens (including phenoxy) is 1. The van der Waals surface area contributed by atoms with E-state index in [-0.39, 0.29) is 13.2 Å². The standard InChI is InChI=1S/C9H17F2NO2/c1-12-9(5-13,7-2-3-7)6-14-4-8(10)11/h7-8,12-13H,2-6H2,1H3. The van der Waals surface area contributed by atoms with Crippen LogP contribution in [0.5, 0.6) is 0 Å². The predicted molar refractivity (Wildman–Crippen MR) is 48.4 cm³/mol. The van der Waals surface area contributed by atoms with E-state index in [4.69, 9.17) is 4.74 Å². The molecule has 0 bridgehead atoms. The van der Waals surface area contributed by atoms with Gasteiger partial charge in [-0.15, -0.1) is 0 Å². The van der Waals surface area contributed by atoms with Crippen molar-refractivity contribution < 1.29 is 18.6 Å². The Hall–Kier alpha value is -0.260. The molecule has 1 atom stereocenters. The zero-order valence-corrected chi connectivity index (χ0v) is 8.30. The van der Waals surface area contributed by atoms with E-state index in [0.717, 1.165) is 12.8 Å². The summed E-state index contributed by atoms with van der Waals surface area (Å²) >= 11 is 0. The quantitative estimate of drug-likeness (QED) is 0.646. The summed E-state index contributed by atoms with van der Waals surface area (Å²) in [5, 5.41) is 12.2. The second-order valence-corrected chi connectivity index (χ2v) is 3.74. The summed E-state index contributed by atoms with van der Waals surface area (Å²) in [5.74, 6) is 0.357. The molecule has 0 aromatic heterocycles. The molecule has 1 aliphatic carbocycles. The van der Waals surface area contributed by atoms with Crippen LogP contribution in [0.4, 0.5) is 8.78 Å². The van der Waals surface area contributed by atoms with E-state index < -0.39 is 18.6 Å². The summed E-state index contributed by atoms with van der Waals surface area (Å²) in [6.45, 7) is -0.484. The third kappa shape index (κ3) is 2.87. The van der Waals surface area contributed by atoms with Crippen LogP contribution in [0, 0.1) is 5.92 Å². The molecule has 2 N–H and O–H groups in total. The Kier molecular flexibility index (Phi) is 4.22. The Morgan fingerprint density at radius 1 is 1.57 bits per heavy atom. The minimum atomic E-state index is -2.44. The van der Waals surface area contributed by atoms with Crippen molar-refractivity contribution in [3.05, 3.63) is 0 Å². The van der Waals surface area contributed by atoms with Crippen molar-refractivity contribution in [3.63, 3.8) is 0 Å². The summed E-state index contributed by atoms with van der Waals surface area (Å²) in [4.78, 5) is 0. The Morgan fingerprint density at radius 3 is 2.57 bits per heavy atom. The SMILES string of the molecule is CNC(CO)(COCC(F)F)C1CC1. The summed E-state index contributed by atoms with van der Waals surface area (Å²) in [6.07, 6.45) is -0.388. The van der Waals surface area contributed by atoms with Gasteiger partial charge >= 0.3 is 0 Å². The molecule has 1 aliphatic rings. The van der Waals surface area contributed by atoms with E-state index in [1.165, 1.54) is 0 Å². The molecule has 5 heteroatoms. The highest BCUT2D eigenvalue weighted by molar-refractivity contribution is 5.00. The van der Waals surface area contributed by atoms with Gasteiger partial charge in [0.25, 0.3) is 6.43 Å². The van der Waals surface area contributed by atoms with Gasteiger partial charge in [-0.25, -0.2) is 8.78 Å². The average Bonchev–Trinajstić information content (AvgIpc) is 2.96. The first-order chi connectivity index (χ1) is 6.64. The Bertz CT molecular complexity index is 170. The lowest BCUT2D eigenvalue weighted by atomic mass is 9.96. The Labute approximate surface area is 82.4 Å². The monoisotopic (exact) mass is 209 g/mol. The first kappa shape index (κ1) is 11.8. The fourth-order valence-corrected chi connectivity index (χ4v) is 1.61. The molecule has 3 nitrogen and oxygen atoms in total. The fourth-order valence-electron chi connectivity index (χ4n) is 1.61. The highest BCUT2D eigenvalue weighted by Crippen LogP contribution is 2.39. The minimum absolute atomic E-state index is 0.0720. The van der Waals surface area contributed by atoms with Gasteiger partial charge in [0.05, 0.1) is 18.8 Å². The number of likely N-dealkylation sites (N-methyl/N-ethyl adjacent to an activating group) is 1.